The van der Waals surface area contributed by atoms with E-state index in [1.54, 1.807) is 22.7 Å². The lowest BCUT2D eigenvalue weighted by Gasteiger charge is -2.12. The molecule has 0 aliphatic rings. The smallest absolute Gasteiger partial charge is 0.235 e. The van der Waals surface area contributed by atoms with E-state index in [4.69, 9.17) is 0 Å². The van der Waals surface area contributed by atoms with Crippen molar-refractivity contribution in [1.29, 1.82) is 5.26 Å². The number of thiophene rings is 2. The molecule has 0 aliphatic heterocycles. The number of aromatic nitrogens is 4. The molecule has 10 heteroatoms. The van der Waals surface area contributed by atoms with Gasteiger partial charge in [0.2, 0.25) is 5.91 Å². The molecule has 0 saturated carbocycles. The highest BCUT2D eigenvalue weighted by atomic mass is 32.2. The lowest BCUT2D eigenvalue weighted by Crippen LogP contribution is -2.18. The standard InChI is InChI=1S/C22H22N6OS3/c1-4-27-21(18-8-6-10-31-18)25-26-22(27)32-13-19(29)24-20-17(11-23)14(2)15(3)28(20)12-16-7-5-9-30-16/h5-10H,4,12-13H2,1-3H3,(H,24,29). The molecule has 1 N–H and O–H groups in total. The highest BCUT2D eigenvalue weighted by Gasteiger charge is 2.21. The molecule has 0 bridgehead atoms. The summed E-state index contributed by atoms with van der Waals surface area (Å²) in [4.78, 5) is 15.1. The molecule has 164 valence electrons. The summed E-state index contributed by atoms with van der Waals surface area (Å²) in [6.45, 7) is 7.25. The first-order chi connectivity index (χ1) is 15.5. The molecular weight excluding hydrogens is 460 g/mol. The van der Waals surface area contributed by atoms with Crippen LogP contribution in [0.3, 0.4) is 0 Å². The van der Waals surface area contributed by atoms with E-state index in [0.717, 1.165) is 26.8 Å². The number of hydrogen-bond donors (Lipinski definition) is 1. The minimum Gasteiger partial charge on any atom is -0.325 e. The van der Waals surface area contributed by atoms with E-state index < -0.39 is 0 Å². The molecule has 0 atom stereocenters. The monoisotopic (exact) mass is 482 g/mol. The van der Waals surface area contributed by atoms with E-state index in [1.165, 1.54) is 11.8 Å². The number of amides is 1. The predicted molar refractivity (Wildman–Crippen MR) is 130 cm³/mol. The topological polar surface area (TPSA) is 88.5 Å². The maximum Gasteiger partial charge on any atom is 0.235 e. The molecule has 0 aliphatic carbocycles. The number of nitrogens with one attached hydrogen (secondary N) is 1. The van der Waals surface area contributed by atoms with Crippen LogP contribution in [-0.2, 0) is 17.9 Å². The molecule has 1 amide bonds. The van der Waals surface area contributed by atoms with Crippen molar-refractivity contribution < 1.29 is 4.79 Å². The van der Waals surface area contributed by atoms with Crippen LogP contribution in [0.4, 0.5) is 5.82 Å². The number of rotatable bonds is 8. The van der Waals surface area contributed by atoms with Crippen LogP contribution >= 0.6 is 34.4 Å². The van der Waals surface area contributed by atoms with Crippen molar-refractivity contribution in [1.82, 2.24) is 19.3 Å². The van der Waals surface area contributed by atoms with Crippen molar-refractivity contribution in [3.63, 3.8) is 0 Å². The second-order valence-corrected chi connectivity index (χ2v) is 10.00. The van der Waals surface area contributed by atoms with Crippen molar-refractivity contribution in [3.05, 3.63) is 56.7 Å². The maximum atomic E-state index is 12.9. The SMILES string of the molecule is CCn1c(SCC(=O)Nc2c(C#N)c(C)c(C)n2Cc2cccs2)nnc1-c1cccs1. The highest BCUT2D eigenvalue weighted by molar-refractivity contribution is 7.99. The van der Waals surface area contributed by atoms with E-state index in [0.29, 0.717) is 29.6 Å². The third kappa shape index (κ3) is 4.37. The second kappa shape index (κ2) is 9.73. The summed E-state index contributed by atoms with van der Waals surface area (Å²) in [6, 6.07) is 10.3. The van der Waals surface area contributed by atoms with Gasteiger partial charge in [-0.05, 0) is 49.2 Å². The summed E-state index contributed by atoms with van der Waals surface area (Å²) < 4.78 is 4.02. The van der Waals surface area contributed by atoms with E-state index in [2.05, 4.69) is 27.6 Å². The number of nitrogens with zero attached hydrogens (tertiary/aromatic N) is 5. The molecule has 7 nitrogen and oxygen atoms in total. The number of hydrogen-bond acceptors (Lipinski definition) is 7. The summed E-state index contributed by atoms with van der Waals surface area (Å²) >= 11 is 4.61. The van der Waals surface area contributed by atoms with Gasteiger partial charge in [-0.15, -0.1) is 32.9 Å². The van der Waals surface area contributed by atoms with E-state index in [1.807, 2.05) is 58.9 Å². The summed E-state index contributed by atoms with van der Waals surface area (Å²) in [6.07, 6.45) is 0. The van der Waals surface area contributed by atoms with Crippen LogP contribution < -0.4 is 5.32 Å². The van der Waals surface area contributed by atoms with E-state index in [9.17, 15) is 10.1 Å². The quantitative estimate of drug-likeness (QED) is 0.351. The molecule has 0 spiro atoms. The number of nitriles is 1. The van der Waals surface area contributed by atoms with Crippen LogP contribution in [0.15, 0.2) is 40.2 Å². The lowest BCUT2D eigenvalue weighted by atomic mass is 10.2. The first-order valence-corrected chi connectivity index (χ1v) is 12.8. The molecule has 4 aromatic heterocycles. The highest BCUT2D eigenvalue weighted by Crippen LogP contribution is 2.30. The molecule has 4 rings (SSSR count). The van der Waals surface area contributed by atoms with Crippen LogP contribution in [0.2, 0.25) is 0 Å². The Morgan fingerprint density at radius 2 is 1.97 bits per heavy atom. The summed E-state index contributed by atoms with van der Waals surface area (Å²) in [5, 5.41) is 26.0. The van der Waals surface area contributed by atoms with Gasteiger partial charge in [-0.1, -0.05) is 23.9 Å². The fraction of sp³-hybridized carbons (Fsp3) is 0.273. The fourth-order valence-electron chi connectivity index (χ4n) is 3.45. The largest absolute Gasteiger partial charge is 0.325 e. The second-order valence-electron chi connectivity index (χ2n) is 7.08. The Hall–Kier alpha value is -2.87. The Morgan fingerprint density at radius 3 is 2.62 bits per heavy atom. The normalized spacial score (nSPS) is 10.9. The Balaban J connectivity index is 1.52. The minimum absolute atomic E-state index is 0.176. The third-order valence-electron chi connectivity index (χ3n) is 5.20. The van der Waals surface area contributed by atoms with Crippen molar-refractivity contribution in [2.24, 2.45) is 0 Å². The molecule has 0 radical (unpaired) electrons. The van der Waals surface area contributed by atoms with Gasteiger partial charge in [-0.25, -0.2) is 0 Å². The first kappa shape index (κ1) is 22.3. The van der Waals surface area contributed by atoms with Crippen LogP contribution in [0.5, 0.6) is 0 Å². The number of thioether (sulfide) groups is 1. The van der Waals surface area contributed by atoms with Gasteiger partial charge in [0.05, 0.1) is 22.7 Å². The minimum atomic E-state index is -0.181. The van der Waals surface area contributed by atoms with Gasteiger partial charge in [-0.2, -0.15) is 5.26 Å². The van der Waals surface area contributed by atoms with Crippen molar-refractivity contribution in [2.75, 3.05) is 11.1 Å². The van der Waals surface area contributed by atoms with Gasteiger partial charge in [-0.3, -0.25) is 4.79 Å². The first-order valence-electron chi connectivity index (χ1n) is 10.0. The van der Waals surface area contributed by atoms with Crippen LogP contribution in [0, 0.1) is 25.2 Å². The zero-order chi connectivity index (χ0) is 22.7. The summed E-state index contributed by atoms with van der Waals surface area (Å²) in [7, 11) is 0. The zero-order valence-electron chi connectivity index (χ0n) is 18.0. The molecule has 0 unspecified atom stereocenters. The van der Waals surface area contributed by atoms with Gasteiger partial charge < -0.3 is 14.5 Å². The maximum absolute atomic E-state index is 12.9. The molecule has 4 aromatic rings. The molecular formula is C22H22N6OS3. The number of anilines is 1. The third-order valence-corrected chi connectivity index (χ3v) is 7.89. The average molecular weight is 483 g/mol. The molecule has 4 heterocycles. The molecule has 0 fully saturated rings. The number of carbonyl (C=O) groups excluding carboxylic acids is 1. The van der Waals surface area contributed by atoms with Gasteiger partial charge in [0.15, 0.2) is 11.0 Å². The van der Waals surface area contributed by atoms with Gasteiger partial charge in [0, 0.05) is 17.1 Å². The average Bonchev–Trinajstić information content (AvgIpc) is 3.58. The lowest BCUT2D eigenvalue weighted by molar-refractivity contribution is -0.113. The van der Waals surface area contributed by atoms with Gasteiger partial charge >= 0.3 is 0 Å². The van der Waals surface area contributed by atoms with Gasteiger partial charge in [0.1, 0.15) is 11.9 Å². The molecule has 0 aromatic carbocycles. The number of carbonyl (C=O) groups is 1. The Kier molecular flexibility index (Phi) is 6.79. The summed E-state index contributed by atoms with van der Waals surface area (Å²) in [5.74, 6) is 1.36. The Labute approximate surface area is 198 Å². The zero-order valence-corrected chi connectivity index (χ0v) is 20.4. The Morgan fingerprint density at radius 1 is 1.19 bits per heavy atom. The van der Waals surface area contributed by atoms with Crippen molar-refractivity contribution in [2.45, 2.75) is 39.0 Å². The molecule has 32 heavy (non-hydrogen) atoms. The van der Waals surface area contributed by atoms with Crippen LogP contribution in [-0.4, -0.2) is 31.0 Å². The predicted octanol–water partition coefficient (Wildman–Crippen LogP) is 5.16. The van der Waals surface area contributed by atoms with Crippen LogP contribution in [0.25, 0.3) is 10.7 Å². The van der Waals surface area contributed by atoms with Crippen LogP contribution in [0.1, 0.15) is 28.6 Å². The summed E-state index contributed by atoms with van der Waals surface area (Å²) in [5.41, 5.74) is 2.37. The Bertz CT molecular complexity index is 1260. The molecule has 0 saturated heterocycles. The van der Waals surface area contributed by atoms with Crippen molar-refractivity contribution >= 4 is 46.2 Å². The fourth-order valence-corrected chi connectivity index (χ4v) is 5.67. The van der Waals surface area contributed by atoms with Crippen molar-refractivity contribution in [3.8, 4) is 16.8 Å². The van der Waals surface area contributed by atoms with Gasteiger partial charge in [0.25, 0.3) is 0 Å². The van der Waals surface area contributed by atoms with E-state index >= 15 is 0 Å². The van der Waals surface area contributed by atoms with E-state index in [-0.39, 0.29) is 11.7 Å².